The average Bonchev–Trinajstić information content (AvgIpc) is 2.38. The maximum atomic E-state index is 9.92. The molecule has 2 heteroatoms. The highest BCUT2D eigenvalue weighted by Gasteiger charge is 2.25. The van der Waals surface area contributed by atoms with Crippen molar-refractivity contribution < 1.29 is 5.11 Å². The van der Waals surface area contributed by atoms with Gasteiger partial charge in [-0.2, -0.15) is 0 Å². The van der Waals surface area contributed by atoms with E-state index >= 15 is 0 Å². The maximum absolute atomic E-state index is 9.92. The highest BCUT2D eigenvalue weighted by molar-refractivity contribution is 4.82. The molecule has 100 valence electrons. The predicted molar refractivity (Wildman–Crippen MR) is 72.0 cm³/mol. The summed E-state index contributed by atoms with van der Waals surface area (Å²) in [4.78, 5) is 0. The first-order valence-electron chi connectivity index (χ1n) is 7.71. The first kappa shape index (κ1) is 13.4. The van der Waals surface area contributed by atoms with Crippen LogP contribution in [0.25, 0.3) is 0 Å². The summed E-state index contributed by atoms with van der Waals surface area (Å²) in [6.45, 7) is 3.46. The standard InChI is InChI=1S/C15H29NO/c1-2-12-7-9-13(10-8-12)11-16-14-5-3-4-6-15(14)17/h12-17H,2-11H2,1H3/t12?,13?,14-,15-/m0/s1. The fraction of sp³-hybridized carbons (Fsp3) is 1.00. The lowest BCUT2D eigenvalue weighted by atomic mass is 9.80. The van der Waals surface area contributed by atoms with Crippen LogP contribution in [0.2, 0.25) is 0 Å². The summed E-state index contributed by atoms with van der Waals surface area (Å²) in [6.07, 6.45) is 11.6. The van der Waals surface area contributed by atoms with Gasteiger partial charge in [-0.05, 0) is 44.1 Å². The van der Waals surface area contributed by atoms with Crippen molar-refractivity contribution in [1.29, 1.82) is 0 Å². The lowest BCUT2D eigenvalue weighted by molar-refractivity contribution is 0.0868. The van der Waals surface area contributed by atoms with E-state index in [0.717, 1.165) is 24.8 Å². The second kappa shape index (κ2) is 6.75. The van der Waals surface area contributed by atoms with Crippen molar-refractivity contribution in [3.63, 3.8) is 0 Å². The molecule has 0 bridgehead atoms. The van der Waals surface area contributed by atoms with Gasteiger partial charge >= 0.3 is 0 Å². The van der Waals surface area contributed by atoms with Gasteiger partial charge in [-0.3, -0.25) is 0 Å². The molecule has 0 radical (unpaired) electrons. The zero-order valence-electron chi connectivity index (χ0n) is 11.3. The summed E-state index contributed by atoms with van der Waals surface area (Å²) in [7, 11) is 0. The van der Waals surface area contributed by atoms with Gasteiger partial charge in [0.25, 0.3) is 0 Å². The minimum absolute atomic E-state index is 0.0873. The van der Waals surface area contributed by atoms with Gasteiger partial charge in [0.2, 0.25) is 0 Å². The number of hydrogen-bond acceptors (Lipinski definition) is 2. The molecule has 0 aromatic heterocycles. The SMILES string of the molecule is CCC1CCC(CN[C@H]2CCCC[C@@H]2O)CC1. The van der Waals surface area contributed by atoms with Crippen LogP contribution < -0.4 is 5.32 Å². The Morgan fingerprint density at radius 1 is 0.941 bits per heavy atom. The van der Waals surface area contributed by atoms with Crippen LogP contribution in [0.3, 0.4) is 0 Å². The molecule has 0 amide bonds. The third-order valence-electron chi connectivity index (χ3n) is 4.94. The van der Waals surface area contributed by atoms with Gasteiger partial charge in [0, 0.05) is 6.04 Å². The smallest absolute Gasteiger partial charge is 0.0693 e. The second-order valence-corrected chi connectivity index (χ2v) is 6.16. The Morgan fingerprint density at radius 3 is 2.24 bits per heavy atom. The van der Waals surface area contributed by atoms with Crippen LogP contribution in [0.1, 0.15) is 64.7 Å². The first-order valence-corrected chi connectivity index (χ1v) is 7.71. The van der Waals surface area contributed by atoms with E-state index in [2.05, 4.69) is 12.2 Å². The van der Waals surface area contributed by atoms with Crippen LogP contribution >= 0.6 is 0 Å². The van der Waals surface area contributed by atoms with Gasteiger partial charge in [-0.25, -0.2) is 0 Å². The Balaban J connectivity index is 1.65. The molecule has 2 aliphatic carbocycles. The monoisotopic (exact) mass is 239 g/mol. The molecule has 0 heterocycles. The quantitative estimate of drug-likeness (QED) is 0.790. The zero-order chi connectivity index (χ0) is 12.1. The molecular formula is C15H29NO. The Kier molecular flexibility index (Phi) is 5.30. The van der Waals surface area contributed by atoms with Gasteiger partial charge < -0.3 is 10.4 Å². The molecule has 17 heavy (non-hydrogen) atoms. The molecule has 0 aromatic carbocycles. The Bertz CT molecular complexity index is 211. The van der Waals surface area contributed by atoms with Crippen LogP contribution in [0.5, 0.6) is 0 Å². The van der Waals surface area contributed by atoms with Crippen LogP contribution in [0.4, 0.5) is 0 Å². The topological polar surface area (TPSA) is 32.3 Å². The van der Waals surface area contributed by atoms with E-state index in [-0.39, 0.29) is 6.10 Å². The van der Waals surface area contributed by atoms with Crippen molar-refractivity contribution in [2.45, 2.75) is 76.9 Å². The summed E-state index contributed by atoms with van der Waals surface area (Å²) in [5, 5.41) is 13.5. The summed E-state index contributed by atoms with van der Waals surface area (Å²) >= 11 is 0. The second-order valence-electron chi connectivity index (χ2n) is 6.16. The van der Waals surface area contributed by atoms with E-state index in [4.69, 9.17) is 0 Å². The molecule has 2 aliphatic rings. The van der Waals surface area contributed by atoms with E-state index < -0.39 is 0 Å². The highest BCUT2D eigenvalue weighted by atomic mass is 16.3. The van der Waals surface area contributed by atoms with Crippen molar-refractivity contribution in [2.24, 2.45) is 11.8 Å². The van der Waals surface area contributed by atoms with E-state index in [0.29, 0.717) is 6.04 Å². The van der Waals surface area contributed by atoms with Crippen LogP contribution in [0.15, 0.2) is 0 Å². The molecule has 0 saturated heterocycles. The van der Waals surface area contributed by atoms with Gasteiger partial charge in [0.15, 0.2) is 0 Å². The van der Waals surface area contributed by atoms with E-state index in [1.807, 2.05) is 0 Å². The van der Waals surface area contributed by atoms with Crippen molar-refractivity contribution >= 4 is 0 Å². The maximum Gasteiger partial charge on any atom is 0.0693 e. The van der Waals surface area contributed by atoms with Gasteiger partial charge in [0.1, 0.15) is 0 Å². The van der Waals surface area contributed by atoms with Crippen molar-refractivity contribution in [3.8, 4) is 0 Å². The Labute approximate surface area is 106 Å². The van der Waals surface area contributed by atoms with Crippen LogP contribution in [0, 0.1) is 11.8 Å². The number of aliphatic hydroxyl groups is 1. The van der Waals surface area contributed by atoms with Gasteiger partial charge in [0.05, 0.1) is 6.10 Å². The van der Waals surface area contributed by atoms with E-state index in [1.165, 1.54) is 51.4 Å². The number of aliphatic hydroxyl groups excluding tert-OH is 1. The van der Waals surface area contributed by atoms with Crippen molar-refractivity contribution in [3.05, 3.63) is 0 Å². The fourth-order valence-corrected chi connectivity index (χ4v) is 3.51. The Morgan fingerprint density at radius 2 is 1.59 bits per heavy atom. The number of rotatable bonds is 4. The number of hydrogen-bond donors (Lipinski definition) is 2. The highest BCUT2D eigenvalue weighted by Crippen LogP contribution is 2.30. The van der Waals surface area contributed by atoms with E-state index in [9.17, 15) is 5.11 Å². The molecular weight excluding hydrogens is 210 g/mol. The normalized spacial score (nSPS) is 39.2. The summed E-state index contributed by atoms with van der Waals surface area (Å²) in [5.41, 5.74) is 0. The molecule has 2 nitrogen and oxygen atoms in total. The first-order chi connectivity index (χ1) is 8.29. The largest absolute Gasteiger partial charge is 0.392 e. The minimum atomic E-state index is -0.0873. The van der Waals surface area contributed by atoms with Crippen LogP contribution in [-0.2, 0) is 0 Å². The fourth-order valence-electron chi connectivity index (χ4n) is 3.51. The van der Waals surface area contributed by atoms with Crippen molar-refractivity contribution in [1.82, 2.24) is 5.32 Å². The Hall–Kier alpha value is -0.0800. The van der Waals surface area contributed by atoms with Gasteiger partial charge in [-0.1, -0.05) is 39.0 Å². The zero-order valence-corrected chi connectivity index (χ0v) is 11.3. The summed E-state index contributed by atoms with van der Waals surface area (Å²) < 4.78 is 0. The molecule has 2 saturated carbocycles. The lowest BCUT2D eigenvalue weighted by Crippen LogP contribution is -2.44. The summed E-state index contributed by atoms with van der Waals surface area (Å²) in [6, 6.07) is 0.382. The van der Waals surface area contributed by atoms with Crippen molar-refractivity contribution in [2.75, 3.05) is 6.54 Å². The van der Waals surface area contributed by atoms with E-state index in [1.54, 1.807) is 0 Å². The minimum Gasteiger partial charge on any atom is -0.392 e. The third kappa shape index (κ3) is 3.96. The molecule has 0 spiro atoms. The van der Waals surface area contributed by atoms with Crippen LogP contribution in [-0.4, -0.2) is 23.8 Å². The molecule has 0 aliphatic heterocycles. The molecule has 0 unspecified atom stereocenters. The molecule has 0 aromatic rings. The summed E-state index contributed by atoms with van der Waals surface area (Å²) in [5.74, 6) is 1.86. The molecule has 2 fully saturated rings. The third-order valence-corrected chi connectivity index (χ3v) is 4.94. The average molecular weight is 239 g/mol. The molecule has 2 atom stereocenters. The molecule has 2 N–H and O–H groups in total. The predicted octanol–water partition coefficient (Wildman–Crippen LogP) is 3.10. The van der Waals surface area contributed by atoms with Gasteiger partial charge in [-0.15, -0.1) is 0 Å². The molecule has 2 rings (SSSR count). The number of nitrogens with one attached hydrogen (secondary N) is 1. The lowest BCUT2D eigenvalue weighted by Gasteiger charge is -2.32.